The van der Waals surface area contributed by atoms with Gasteiger partial charge in [0.1, 0.15) is 5.75 Å². The Kier molecular flexibility index (Phi) is 8.97. The normalized spacial score (nSPS) is 10.8. The molecule has 0 atom stereocenters. The summed E-state index contributed by atoms with van der Waals surface area (Å²) in [5, 5.41) is 23.0. The zero-order chi connectivity index (χ0) is 25.3. The first kappa shape index (κ1) is 25.7. The van der Waals surface area contributed by atoms with Crippen molar-refractivity contribution in [3.05, 3.63) is 54.2 Å². The lowest BCUT2D eigenvalue weighted by atomic mass is 10.3. The Morgan fingerprint density at radius 2 is 1.92 bits per heavy atom. The number of hydrogen-bond acceptors (Lipinski definition) is 11. The van der Waals surface area contributed by atoms with Gasteiger partial charge in [0.2, 0.25) is 11.0 Å². The van der Waals surface area contributed by atoms with Crippen molar-refractivity contribution in [1.82, 2.24) is 30.3 Å². The minimum atomic E-state index is -0.368. The third-order valence-corrected chi connectivity index (χ3v) is 7.29. The lowest BCUT2D eigenvalue weighted by Gasteiger charge is -2.11. The van der Waals surface area contributed by atoms with Crippen molar-refractivity contribution in [1.29, 1.82) is 0 Å². The van der Waals surface area contributed by atoms with Crippen LogP contribution in [0.1, 0.15) is 30.2 Å². The number of hydrogen-bond donors (Lipinski definition) is 2. The van der Waals surface area contributed by atoms with Crippen LogP contribution in [0.5, 0.6) is 5.75 Å². The van der Waals surface area contributed by atoms with Crippen LogP contribution in [0.25, 0.3) is 5.69 Å². The van der Waals surface area contributed by atoms with E-state index in [1.807, 2.05) is 38.1 Å². The Bertz CT molecular complexity index is 1290. The molecule has 188 valence electrons. The van der Waals surface area contributed by atoms with Crippen molar-refractivity contribution < 1.29 is 18.7 Å². The van der Waals surface area contributed by atoms with E-state index < -0.39 is 0 Å². The maximum atomic E-state index is 12.5. The van der Waals surface area contributed by atoms with Crippen LogP contribution in [-0.4, -0.2) is 54.9 Å². The van der Waals surface area contributed by atoms with Crippen molar-refractivity contribution >= 4 is 51.8 Å². The Hall–Kier alpha value is -3.36. The Balaban J connectivity index is 1.48. The summed E-state index contributed by atoms with van der Waals surface area (Å²) in [7, 11) is 0. The minimum Gasteiger partial charge on any atom is -0.494 e. The lowest BCUT2D eigenvalue weighted by Crippen LogP contribution is -2.24. The highest BCUT2D eigenvalue weighted by molar-refractivity contribution is 8.01. The monoisotopic (exact) mass is 545 g/mol. The van der Waals surface area contributed by atoms with E-state index in [9.17, 15) is 9.59 Å². The summed E-state index contributed by atoms with van der Waals surface area (Å²) < 4.78 is 13.3. The second-order valence-electron chi connectivity index (χ2n) is 6.96. The first-order valence-electron chi connectivity index (χ1n) is 11.0. The number of benzene rings is 1. The number of anilines is 1. The largest absolute Gasteiger partial charge is 0.494 e. The average Bonchev–Trinajstić information content (AvgIpc) is 3.64. The molecule has 1 aromatic carbocycles. The molecular weight excluding hydrogens is 522 g/mol. The van der Waals surface area contributed by atoms with Crippen LogP contribution in [0, 0.1) is 0 Å². The summed E-state index contributed by atoms with van der Waals surface area (Å²) in [6, 6.07) is 10.6. The number of amides is 2. The van der Waals surface area contributed by atoms with Gasteiger partial charge in [-0.1, -0.05) is 41.8 Å². The molecular formula is C22H23N7O4S3. The van der Waals surface area contributed by atoms with Crippen molar-refractivity contribution in [3.63, 3.8) is 0 Å². The molecule has 4 rings (SSSR count). The third-order valence-electron chi connectivity index (χ3n) is 4.51. The molecule has 36 heavy (non-hydrogen) atoms. The predicted molar refractivity (Wildman–Crippen MR) is 138 cm³/mol. The number of thioether (sulfide) groups is 2. The number of nitrogens with zero attached hydrogens (tertiary/aromatic N) is 5. The van der Waals surface area contributed by atoms with Crippen LogP contribution >= 0.6 is 34.9 Å². The number of ether oxygens (including phenoxy) is 1. The first-order valence-corrected chi connectivity index (χ1v) is 13.7. The second-order valence-corrected chi connectivity index (χ2v) is 10.4. The van der Waals surface area contributed by atoms with E-state index in [2.05, 4.69) is 31.0 Å². The molecule has 0 saturated heterocycles. The molecule has 0 saturated carbocycles. The fourth-order valence-corrected chi connectivity index (χ4v) is 5.44. The first-order chi connectivity index (χ1) is 17.6. The summed E-state index contributed by atoms with van der Waals surface area (Å²) in [6.45, 7) is 4.60. The van der Waals surface area contributed by atoms with Crippen molar-refractivity contribution in [3.8, 4) is 11.4 Å². The van der Waals surface area contributed by atoms with Crippen LogP contribution in [0.4, 0.5) is 5.13 Å². The molecule has 0 aliphatic heterocycles. The SMILES string of the molecule is CCOc1ccc(-n2c(CNC(=O)c3ccco3)nnc2SCC(=O)Nc2nnc(SCC)s2)cc1. The van der Waals surface area contributed by atoms with E-state index in [1.165, 1.54) is 29.4 Å². The molecule has 11 nitrogen and oxygen atoms in total. The Labute approximate surface area is 219 Å². The van der Waals surface area contributed by atoms with Gasteiger partial charge >= 0.3 is 0 Å². The number of aromatic nitrogens is 5. The zero-order valence-electron chi connectivity index (χ0n) is 19.5. The molecule has 0 fully saturated rings. The lowest BCUT2D eigenvalue weighted by molar-refractivity contribution is -0.113. The molecule has 4 aromatic rings. The third kappa shape index (κ3) is 6.65. The van der Waals surface area contributed by atoms with Gasteiger partial charge in [-0.25, -0.2) is 0 Å². The zero-order valence-corrected chi connectivity index (χ0v) is 21.9. The molecule has 0 bridgehead atoms. The van der Waals surface area contributed by atoms with Crippen molar-refractivity contribution in [2.75, 3.05) is 23.4 Å². The van der Waals surface area contributed by atoms with Gasteiger partial charge in [0.15, 0.2) is 21.1 Å². The second kappa shape index (κ2) is 12.6. The van der Waals surface area contributed by atoms with Gasteiger partial charge in [0.25, 0.3) is 5.91 Å². The quantitative estimate of drug-likeness (QED) is 0.199. The van der Waals surface area contributed by atoms with Crippen LogP contribution in [-0.2, 0) is 11.3 Å². The molecule has 2 N–H and O–H groups in total. The molecule has 3 heterocycles. The topological polar surface area (TPSA) is 137 Å². The molecule has 0 radical (unpaired) electrons. The predicted octanol–water partition coefficient (Wildman–Crippen LogP) is 3.88. The molecule has 0 aliphatic rings. The maximum absolute atomic E-state index is 12.5. The van der Waals surface area contributed by atoms with Crippen LogP contribution in [0.2, 0.25) is 0 Å². The average molecular weight is 546 g/mol. The molecule has 0 unspecified atom stereocenters. The number of nitrogens with one attached hydrogen (secondary N) is 2. The number of carbonyl (C=O) groups is 2. The minimum absolute atomic E-state index is 0.0871. The Morgan fingerprint density at radius 3 is 2.64 bits per heavy atom. The van der Waals surface area contributed by atoms with Gasteiger partial charge in [0, 0.05) is 5.69 Å². The van der Waals surface area contributed by atoms with E-state index in [0.29, 0.717) is 22.7 Å². The van der Waals surface area contributed by atoms with Crippen molar-refractivity contribution in [2.45, 2.75) is 29.9 Å². The maximum Gasteiger partial charge on any atom is 0.287 e. The summed E-state index contributed by atoms with van der Waals surface area (Å²) in [6.07, 6.45) is 1.43. The van der Waals surface area contributed by atoms with E-state index in [1.54, 1.807) is 28.5 Å². The summed E-state index contributed by atoms with van der Waals surface area (Å²) >= 11 is 4.12. The standard InChI is InChI=1S/C22H23N7O4S3/c1-3-32-15-9-7-14(8-10-15)29-17(12-23-19(31)16-6-5-11-33-16)25-27-21(29)35-13-18(30)24-20-26-28-22(36-20)34-4-2/h5-11H,3-4,12-13H2,1-2H3,(H,23,31)(H,24,26,30). The van der Waals surface area contributed by atoms with Crippen LogP contribution < -0.4 is 15.4 Å². The number of rotatable bonds is 12. The van der Waals surface area contributed by atoms with E-state index in [4.69, 9.17) is 9.15 Å². The highest BCUT2D eigenvalue weighted by atomic mass is 32.2. The molecule has 2 amide bonds. The van der Waals surface area contributed by atoms with Crippen molar-refractivity contribution in [2.24, 2.45) is 0 Å². The van der Waals surface area contributed by atoms with E-state index >= 15 is 0 Å². The summed E-state index contributed by atoms with van der Waals surface area (Å²) in [4.78, 5) is 24.9. The van der Waals surface area contributed by atoms with Gasteiger partial charge in [-0.2, -0.15) is 0 Å². The van der Waals surface area contributed by atoms with E-state index in [-0.39, 0.29) is 29.9 Å². The van der Waals surface area contributed by atoms with Crippen LogP contribution in [0.15, 0.2) is 56.6 Å². The van der Waals surface area contributed by atoms with Crippen LogP contribution in [0.3, 0.4) is 0 Å². The molecule has 0 aliphatic carbocycles. The molecule has 14 heteroatoms. The molecule has 3 aromatic heterocycles. The smallest absolute Gasteiger partial charge is 0.287 e. The van der Waals surface area contributed by atoms with E-state index in [0.717, 1.165) is 21.5 Å². The summed E-state index contributed by atoms with van der Waals surface area (Å²) in [5.41, 5.74) is 0.763. The van der Waals surface area contributed by atoms with Gasteiger partial charge in [-0.15, -0.1) is 20.4 Å². The molecule has 0 spiro atoms. The Morgan fingerprint density at radius 1 is 1.08 bits per heavy atom. The van der Waals surface area contributed by atoms with Gasteiger partial charge in [-0.3, -0.25) is 19.5 Å². The highest BCUT2D eigenvalue weighted by Gasteiger charge is 2.18. The fourth-order valence-electron chi connectivity index (χ4n) is 3.01. The van der Waals surface area contributed by atoms with Gasteiger partial charge < -0.3 is 14.5 Å². The van der Waals surface area contributed by atoms with Gasteiger partial charge in [-0.05, 0) is 49.1 Å². The summed E-state index contributed by atoms with van der Waals surface area (Å²) in [5.74, 6) is 1.78. The highest BCUT2D eigenvalue weighted by Crippen LogP contribution is 2.27. The fraction of sp³-hybridized carbons (Fsp3) is 0.273. The number of carbonyl (C=O) groups excluding carboxylic acids is 2. The van der Waals surface area contributed by atoms with Gasteiger partial charge in [0.05, 0.1) is 25.2 Å². The number of furan rings is 1.